The molecule has 2 saturated carbocycles. The van der Waals surface area contributed by atoms with Crippen molar-refractivity contribution in [2.24, 2.45) is 17.1 Å². The fraction of sp³-hybridized carbons (Fsp3) is 0.923. The normalized spacial score (nSPS) is 36.8. The zero-order valence-electron chi connectivity index (χ0n) is 10.5. The van der Waals surface area contributed by atoms with E-state index >= 15 is 0 Å². The fourth-order valence-electron chi connectivity index (χ4n) is 3.41. The number of nitrogens with one attached hydrogen (secondary N) is 1. The minimum atomic E-state index is -0.245. The summed E-state index contributed by atoms with van der Waals surface area (Å²) in [5.41, 5.74) is 5.58. The average Bonchev–Trinajstić information content (AvgIpc) is 2.59. The first-order valence-corrected chi connectivity index (χ1v) is 6.52. The van der Waals surface area contributed by atoms with E-state index in [-0.39, 0.29) is 16.9 Å². The van der Waals surface area contributed by atoms with Crippen molar-refractivity contribution in [1.29, 1.82) is 0 Å². The Balaban J connectivity index is 1.97. The predicted octanol–water partition coefficient (Wildman–Crippen LogP) is 1.81. The Bertz CT molecular complexity index is 276. The van der Waals surface area contributed by atoms with Crippen molar-refractivity contribution in [3.63, 3.8) is 0 Å². The summed E-state index contributed by atoms with van der Waals surface area (Å²) in [6.07, 6.45) is 6.65. The maximum Gasteiger partial charge on any atom is 0.227 e. The third kappa shape index (κ3) is 1.97. The molecule has 0 radical (unpaired) electrons. The van der Waals surface area contributed by atoms with Crippen LogP contribution in [0.25, 0.3) is 0 Å². The summed E-state index contributed by atoms with van der Waals surface area (Å²) in [5.74, 6) is 0.864. The van der Waals surface area contributed by atoms with Crippen molar-refractivity contribution >= 4 is 5.91 Å². The topological polar surface area (TPSA) is 55.1 Å². The largest absolute Gasteiger partial charge is 0.350 e. The van der Waals surface area contributed by atoms with Crippen LogP contribution >= 0.6 is 0 Å². The molecule has 0 atom stereocenters. The van der Waals surface area contributed by atoms with Gasteiger partial charge in [-0.25, -0.2) is 0 Å². The molecule has 3 heteroatoms. The van der Waals surface area contributed by atoms with Crippen LogP contribution < -0.4 is 11.1 Å². The van der Waals surface area contributed by atoms with Crippen molar-refractivity contribution in [3.05, 3.63) is 0 Å². The second-order valence-corrected chi connectivity index (χ2v) is 6.22. The van der Waals surface area contributed by atoms with Crippen molar-refractivity contribution in [3.8, 4) is 0 Å². The molecule has 0 aromatic carbocycles. The summed E-state index contributed by atoms with van der Waals surface area (Å²) < 4.78 is 0. The number of carbonyl (C=O) groups excluding carboxylic acids is 1. The molecule has 16 heavy (non-hydrogen) atoms. The minimum absolute atomic E-state index is 0.0398. The van der Waals surface area contributed by atoms with Crippen LogP contribution in [0.5, 0.6) is 0 Å². The molecule has 1 amide bonds. The first kappa shape index (κ1) is 11.9. The van der Waals surface area contributed by atoms with Gasteiger partial charge in [0.15, 0.2) is 0 Å². The van der Waals surface area contributed by atoms with E-state index in [1.165, 1.54) is 12.8 Å². The average molecular weight is 224 g/mol. The number of carbonyl (C=O) groups is 1. The first-order valence-electron chi connectivity index (χ1n) is 6.52. The first-order chi connectivity index (χ1) is 7.50. The molecule has 2 rings (SSSR count). The lowest BCUT2D eigenvalue weighted by Crippen LogP contribution is -2.57. The van der Waals surface area contributed by atoms with Crippen LogP contribution in [0.15, 0.2) is 0 Å². The lowest BCUT2D eigenvalue weighted by molar-refractivity contribution is -0.140. The number of amides is 1. The Morgan fingerprint density at radius 2 is 1.94 bits per heavy atom. The summed E-state index contributed by atoms with van der Waals surface area (Å²) in [4.78, 5) is 12.3. The lowest BCUT2D eigenvalue weighted by atomic mass is 9.62. The van der Waals surface area contributed by atoms with Gasteiger partial charge in [0.1, 0.15) is 0 Å². The van der Waals surface area contributed by atoms with Gasteiger partial charge in [-0.15, -0.1) is 0 Å². The van der Waals surface area contributed by atoms with E-state index < -0.39 is 0 Å². The van der Waals surface area contributed by atoms with Gasteiger partial charge in [-0.3, -0.25) is 4.79 Å². The van der Waals surface area contributed by atoms with Gasteiger partial charge in [-0.2, -0.15) is 0 Å². The molecular formula is C13H24N2O. The highest BCUT2D eigenvalue weighted by atomic mass is 16.2. The summed E-state index contributed by atoms with van der Waals surface area (Å²) >= 11 is 0. The van der Waals surface area contributed by atoms with Gasteiger partial charge >= 0.3 is 0 Å². The SMILES string of the molecule is CC1CC(CN)(C(=O)NC2(C)CCCC2)C1. The van der Waals surface area contributed by atoms with Crippen molar-refractivity contribution in [2.75, 3.05) is 6.54 Å². The highest BCUT2D eigenvalue weighted by molar-refractivity contribution is 5.84. The van der Waals surface area contributed by atoms with E-state index in [9.17, 15) is 4.79 Å². The molecule has 0 aliphatic heterocycles. The quantitative estimate of drug-likeness (QED) is 0.768. The van der Waals surface area contributed by atoms with Gasteiger partial charge in [-0.1, -0.05) is 19.8 Å². The minimum Gasteiger partial charge on any atom is -0.350 e. The second-order valence-electron chi connectivity index (χ2n) is 6.22. The van der Waals surface area contributed by atoms with Crippen LogP contribution in [0.3, 0.4) is 0 Å². The maximum absolute atomic E-state index is 12.3. The molecule has 0 unspecified atom stereocenters. The second kappa shape index (κ2) is 4.02. The fourth-order valence-corrected chi connectivity index (χ4v) is 3.41. The van der Waals surface area contributed by atoms with Crippen molar-refractivity contribution in [2.45, 2.75) is 57.9 Å². The number of nitrogens with two attached hydrogens (primary N) is 1. The third-order valence-corrected chi connectivity index (χ3v) is 4.47. The molecule has 0 aromatic rings. The van der Waals surface area contributed by atoms with Crippen LogP contribution in [0.4, 0.5) is 0 Å². The molecule has 0 saturated heterocycles. The monoisotopic (exact) mass is 224 g/mol. The van der Waals surface area contributed by atoms with Gasteiger partial charge in [0, 0.05) is 12.1 Å². The van der Waals surface area contributed by atoms with E-state index in [1.807, 2.05) is 0 Å². The molecule has 92 valence electrons. The van der Waals surface area contributed by atoms with Crippen LogP contribution in [0.2, 0.25) is 0 Å². The molecule has 2 aliphatic rings. The van der Waals surface area contributed by atoms with Crippen LogP contribution in [0.1, 0.15) is 52.4 Å². The number of hydrogen-bond acceptors (Lipinski definition) is 2. The number of rotatable bonds is 3. The smallest absolute Gasteiger partial charge is 0.227 e. The molecule has 3 N–H and O–H groups in total. The molecule has 0 bridgehead atoms. The van der Waals surface area contributed by atoms with Gasteiger partial charge in [0.25, 0.3) is 0 Å². The van der Waals surface area contributed by atoms with E-state index in [0.29, 0.717) is 12.5 Å². The van der Waals surface area contributed by atoms with Crippen LogP contribution in [0, 0.1) is 11.3 Å². The van der Waals surface area contributed by atoms with E-state index in [2.05, 4.69) is 19.2 Å². The van der Waals surface area contributed by atoms with Gasteiger partial charge in [0.05, 0.1) is 5.41 Å². The molecule has 3 nitrogen and oxygen atoms in total. The Morgan fingerprint density at radius 3 is 2.38 bits per heavy atom. The van der Waals surface area contributed by atoms with Crippen LogP contribution in [-0.4, -0.2) is 18.0 Å². The third-order valence-electron chi connectivity index (χ3n) is 4.47. The number of hydrogen-bond donors (Lipinski definition) is 2. The zero-order valence-corrected chi connectivity index (χ0v) is 10.5. The highest BCUT2D eigenvalue weighted by Gasteiger charge is 2.48. The highest BCUT2D eigenvalue weighted by Crippen LogP contribution is 2.45. The van der Waals surface area contributed by atoms with Crippen molar-refractivity contribution < 1.29 is 4.79 Å². The molecule has 2 fully saturated rings. The van der Waals surface area contributed by atoms with E-state index in [1.54, 1.807) is 0 Å². The summed E-state index contributed by atoms with van der Waals surface area (Å²) in [6.45, 7) is 4.86. The molecule has 0 spiro atoms. The maximum atomic E-state index is 12.3. The summed E-state index contributed by atoms with van der Waals surface area (Å²) in [5, 5.41) is 3.25. The Labute approximate surface area is 98.2 Å². The zero-order chi connectivity index (χ0) is 11.8. The van der Waals surface area contributed by atoms with Gasteiger partial charge in [-0.05, 0) is 38.5 Å². The predicted molar refractivity (Wildman–Crippen MR) is 64.9 cm³/mol. The van der Waals surface area contributed by atoms with Crippen LogP contribution in [-0.2, 0) is 4.79 Å². The van der Waals surface area contributed by atoms with Gasteiger partial charge < -0.3 is 11.1 Å². The van der Waals surface area contributed by atoms with E-state index in [0.717, 1.165) is 25.7 Å². The summed E-state index contributed by atoms with van der Waals surface area (Å²) in [6, 6.07) is 0. The lowest BCUT2D eigenvalue weighted by Gasteiger charge is -2.46. The van der Waals surface area contributed by atoms with Crippen molar-refractivity contribution in [1.82, 2.24) is 5.32 Å². The Hall–Kier alpha value is -0.570. The van der Waals surface area contributed by atoms with Gasteiger partial charge in [0.2, 0.25) is 5.91 Å². The Morgan fingerprint density at radius 1 is 1.38 bits per heavy atom. The molecular weight excluding hydrogens is 200 g/mol. The Kier molecular flexibility index (Phi) is 2.99. The van der Waals surface area contributed by atoms with E-state index in [4.69, 9.17) is 5.73 Å². The molecule has 0 aromatic heterocycles. The molecule has 2 aliphatic carbocycles. The summed E-state index contributed by atoms with van der Waals surface area (Å²) in [7, 11) is 0. The standard InChI is InChI=1S/C13H24N2O/c1-10-7-13(8-10,9-14)11(16)15-12(2)5-3-4-6-12/h10H,3-9,14H2,1-2H3,(H,15,16). The molecule has 0 heterocycles.